The van der Waals surface area contributed by atoms with Crippen molar-refractivity contribution in [1.82, 2.24) is 0 Å². The van der Waals surface area contributed by atoms with Crippen molar-refractivity contribution in [1.29, 1.82) is 0 Å². The van der Waals surface area contributed by atoms with Crippen molar-refractivity contribution in [2.24, 2.45) is 17.8 Å². The van der Waals surface area contributed by atoms with Crippen molar-refractivity contribution in [3.8, 4) is 0 Å². The van der Waals surface area contributed by atoms with Gasteiger partial charge in [0.2, 0.25) is 0 Å². The lowest BCUT2D eigenvalue weighted by molar-refractivity contribution is 0.238. The summed E-state index contributed by atoms with van der Waals surface area (Å²) in [7, 11) is 0. The van der Waals surface area contributed by atoms with Gasteiger partial charge in [-0.1, -0.05) is 183 Å². The summed E-state index contributed by atoms with van der Waals surface area (Å²) in [6.07, 6.45) is 36.5. The van der Waals surface area contributed by atoms with Crippen LogP contribution in [0.3, 0.4) is 0 Å². The Balaban J connectivity index is 0.00000244. The minimum atomic E-state index is 0.572. The first-order chi connectivity index (χ1) is 26.4. The van der Waals surface area contributed by atoms with Crippen molar-refractivity contribution < 1.29 is 4.42 Å². The largest absolute Gasteiger partial charge is 0.461 e. The average molecular weight is 743 g/mol. The molecule has 4 rings (SSSR count). The highest BCUT2D eigenvalue weighted by Crippen LogP contribution is 2.50. The van der Waals surface area contributed by atoms with Crippen molar-refractivity contribution in [2.75, 3.05) is 0 Å². The molecule has 0 bridgehead atoms. The van der Waals surface area contributed by atoms with Crippen LogP contribution in [0.5, 0.6) is 0 Å². The monoisotopic (exact) mass is 743 g/mol. The summed E-state index contributed by atoms with van der Waals surface area (Å²) in [6.45, 7) is 24.3. The lowest BCUT2D eigenvalue weighted by Gasteiger charge is -2.40. The van der Waals surface area contributed by atoms with Crippen molar-refractivity contribution in [3.05, 3.63) is 70.2 Å². The third kappa shape index (κ3) is 15.8. The molecule has 2 aromatic rings. The molecule has 2 fully saturated rings. The first kappa shape index (κ1) is 48.1. The molecule has 2 aliphatic carbocycles. The lowest BCUT2D eigenvalue weighted by Crippen LogP contribution is -2.25. The second-order valence-corrected chi connectivity index (χ2v) is 17.0. The third-order valence-electron chi connectivity index (χ3n) is 12.7. The van der Waals surface area contributed by atoms with Gasteiger partial charge in [-0.3, -0.25) is 0 Å². The van der Waals surface area contributed by atoms with E-state index in [1.807, 2.05) is 27.7 Å². The highest BCUT2D eigenvalue weighted by molar-refractivity contribution is 5.84. The van der Waals surface area contributed by atoms with E-state index in [2.05, 4.69) is 84.9 Å². The van der Waals surface area contributed by atoms with Gasteiger partial charge in [-0.2, -0.15) is 0 Å². The summed E-state index contributed by atoms with van der Waals surface area (Å²) in [5, 5.41) is 0. The van der Waals surface area contributed by atoms with Crippen LogP contribution in [0.2, 0.25) is 0 Å². The van der Waals surface area contributed by atoms with Crippen LogP contribution in [0, 0.1) is 31.6 Å². The maximum Gasteiger partial charge on any atom is 0.133 e. The fourth-order valence-electron chi connectivity index (χ4n) is 8.83. The van der Waals surface area contributed by atoms with Crippen LogP contribution < -0.4 is 0 Å². The van der Waals surface area contributed by atoms with Gasteiger partial charge in [0, 0.05) is 5.57 Å². The SMILES string of the molecule is CC.CC.CCC/C=C(/C=C(\c1cc(C2CCC2)c(C2CC(CCCCCCCCCCCC)C2)cc1C)C(CCC)CCC(C)CC)c1ccc(C)o1. The predicted octanol–water partition coefficient (Wildman–Crippen LogP) is 18.5. The molecule has 308 valence electrons. The Kier molecular flexibility index (Phi) is 25.3. The highest BCUT2D eigenvalue weighted by atomic mass is 16.3. The van der Waals surface area contributed by atoms with E-state index in [1.165, 1.54) is 152 Å². The Morgan fingerprint density at radius 1 is 0.722 bits per heavy atom. The van der Waals surface area contributed by atoms with E-state index in [4.69, 9.17) is 4.42 Å². The molecule has 2 atom stereocenters. The van der Waals surface area contributed by atoms with Gasteiger partial charge in [-0.15, -0.1) is 0 Å². The van der Waals surface area contributed by atoms with Gasteiger partial charge in [-0.25, -0.2) is 0 Å². The number of furan rings is 1. The number of aryl methyl sites for hydroxylation is 2. The Hall–Kier alpha value is -2.02. The number of hydrogen-bond donors (Lipinski definition) is 0. The number of rotatable bonds is 25. The Morgan fingerprint density at radius 2 is 1.35 bits per heavy atom. The first-order valence-electron chi connectivity index (χ1n) is 24.0. The molecule has 0 amide bonds. The molecule has 0 radical (unpaired) electrons. The molecular weight excluding hydrogens is 653 g/mol. The van der Waals surface area contributed by atoms with Gasteiger partial charge < -0.3 is 4.42 Å². The van der Waals surface area contributed by atoms with Crippen LogP contribution in [0.15, 0.2) is 40.8 Å². The number of hydrogen-bond acceptors (Lipinski definition) is 1. The van der Waals surface area contributed by atoms with E-state index in [0.717, 1.165) is 48.0 Å². The van der Waals surface area contributed by atoms with Gasteiger partial charge >= 0.3 is 0 Å². The second-order valence-electron chi connectivity index (χ2n) is 17.0. The molecule has 0 spiro atoms. The smallest absolute Gasteiger partial charge is 0.133 e. The van der Waals surface area contributed by atoms with Gasteiger partial charge in [-0.05, 0) is 134 Å². The van der Waals surface area contributed by atoms with Gasteiger partial charge in [0.1, 0.15) is 11.5 Å². The molecule has 54 heavy (non-hydrogen) atoms. The molecule has 2 aliphatic rings. The molecule has 0 N–H and O–H groups in total. The topological polar surface area (TPSA) is 13.1 Å². The van der Waals surface area contributed by atoms with Crippen molar-refractivity contribution in [2.45, 2.75) is 236 Å². The first-order valence-corrected chi connectivity index (χ1v) is 24.0. The van der Waals surface area contributed by atoms with Crippen LogP contribution in [-0.2, 0) is 0 Å². The predicted molar refractivity (Wildman–Crippen MR) is 244 cm³/mol. The molecule has 1 heteroatoms. The summed E-state index contributed by atoms with van der Waals surface area (Å²) in [4.78, 5) is 0. The van der Waals surface area contributed by atoms with E-state index < -0.39 is 0 Å². The summed E-state index contributed by atoms with van der Waals surface area (Å²) in [6, 6.07) is 9.73. The van der Waals surface area contributed by atoms with E-state index in [-0.39, 0.29) is 0 Å². The lowest BCUT2D eigenvalue weighted by atomic mass is 9.65. The zero-order chi connectivity index (χ0) is 39.7. The Labute approximate surface area is 338 Å². The molecule has 0 aliphatic heterocycles. The Morgan fingerprint density at radius 3 is 1.89 bits per heavy atom. The quantitative estimate of drug-likeness (QED) is 0.0729. The minimum Gasteiger partial charge on any atom is -0.461 e. The van der Waals surface area contributed by atoms with Crippen LogP contribution in [0.1, 0.15) is 256 Å². The zero-order valence-corrected chi connectivity index (χ0v) is 38.0. The number of unbranched alkanes of at least 4 members (excludes halogenated alkanes) is 10. The second kappa shape index (κ2) is 28.4. The molecule has 1 heterocycles. The van der Waals surface area contributed by atoms with Crippen LogP contribution >= 0.6 is 0 Å². The minimum absolute atomic E-state index is 0.572. The molecule has 2 unspecified atom stereocenters. The summed E-state index contributed by atoms with van der Waals surface area (Å²) in [5.41, 5.74) is 9.33. The standard InChI is InChI=1S/C49H78O.2C2H6/c1-8-12-14-15-16-17-18-19-20-21-24-40-33-44(34-40)46-32-38(6)45(36-48(46)42-26-22-27-42)47(41(23-10-3)30-28-37(5)11-4)35-43(25-13-9-2)49-31-29-39(7)50-49;2*1-2/h25,29,31-32,35-37,40-42,44H,8-24,26-28,30,33-34H2,1-7H3;2*1-2H3/b43-25-,47-35-;;. The summed E-state index contributed by atoms with van der Waals surface area (Å²) < 4.78 is 6.29. The van der Waals surface area contributed by atoms with E-state index in [1.54, 1.807) is 16.7 Å². The van der Waals surface area contributed by atoms with Crippen LogP contribution in [0.4, 0.5) is 0 Å². The zero-order valence-electron chi connectivity index (χ0n) is 38.0. The molecule has 1 nitrogen and oxygen atoms in total. The normalized spacial score (nSPS) is 18.5. The van der Waals surface area contributed by atoms with Gasteiger partial charge in [0.15, 0.2) is 0 Å². The molecule has 2 saturated carbocycles. The third-order valence-corrected chi connectivity index (χ3v) is 12.7. The van der Waals surface area contributed by atoms with E-state index in [9.17, 15) is 0 Å². The van der Waals surface area contributed by atoms with E-state index in [0.29, 0.717) is 5.92 Å². The van der Waals surface area contributed by atoms with Crippen molar-refractivity contribution >= 4 is 11.1 Å². The van der Waals surface area contributed by atoms with Crippen LogP contribution in [0.25, 0.3) is 11.1 Å². The summed E-state index contributed by atoms with van der Waals surface area (Å²) >= 11 is 0. The summed E-state index contributed by atoms with van der Waals surface area (Å²) in [5.74, 6) is 5.88. The molecular formula is C53H90O. The maximum atomic E-state index is 6.29. The van der Waals surface area contributed by atoms with Gasteiger partial charge in [0.25, 0.3) is 0 Å². The fourth-order valence-corrected chi connectivity index (χ4v) is 8.83. The van der Waals surface area contributed by atoms with E-state index >= 15 is 0 Å². The fraction of sp³-hybridized carbons (Fsp3) is 0.736. The molecule has 1 aromatic heterocycles. The average Bonchev–Trinajstić information content (AvgIpc) is 3.59. The molecule has 0 saturated heterocycles. The molecule has 1 aromatic carbocycles. The maximum absolute atomic E-state index is 6.29. The highest BCUT2D eigenvalue weighted by Gasteiger charge is 2.34. The van der Waals surface area contributed by atoms with Crippen LogP contribution in [-0.4, -0.2) is 0 Å². The van der Waals surface area contributed by atoms with Crippen molar-refractivity contribution in [3.63, 3.8) is 0 Å². The number of allylic oxidation sites excluding steroid dienone is 4. The number of benzene rings is 1. The Bertz CT molecular complexity index is 1290. The van der Waals surface area contributed by atoms with Gasteiger partial charge in [0.05, 0.1) is 0 Å².